The van der Waals surface area contributed by atoms with Crippen molar-refractivity contribution in [1.82, 2.24) is 19.5 Å². The molecule has 0 bridgehead atoms. The molecule has 0 fully saturated rings. The molecule has 0 aliphatic rings. The normalized spacial score (nSPS) is 12.2. The highest BCUT2D eigenvalue weighted by atomic mass is 35.5. The third-order valence-electron chi connectivity index (χ3n) is 5.90. The van der Waals surface area contributed by atoms with Crippen molar-refractivity contribution in [3.63, 3.8) is 0 Å². The first-order valence-electron chi connectivity index (χ1n) is 12.5. The summed E-state index contributed by atoms with van der Waals surface area (Å²) < 4.78 is 29.7. The molecule has 4 rings (SSSR count). The van der Waals surface area contributed by atoms with E-state index in [1.54, 1.807) is 57.3 Å². The monoisotopic (exact) mass is 599 g/mol. The molecule has 11 nitrogen and oxygen atoms in total. The van der Waals surface area contributed by atoms with Crippen molar-refractivity contribution in [3.8, 4) is 22.6 Å². The number of nitrogens with one attached hydrogen (secondary N) is 1. The second kappa shape index (κ2) is 12.2. The van der Waals surface area contributed by atoms with Gasteiger partial charge in [-0.3, -0.25) is 18.9 Å². The van der Waals surface area contributed by atoms with Gasteiger partial charge in [0, 0.05) is 47.8 Å². The second-order valence-electron chi connectivity index (χ2n) is 10.0. The minimum atomic E-state index is -1.46. The molecule has 0 saturated carbocycles. The zero-order valence-electron chi connectivity index (χ0n) is 23.5. The quantitative estimate of drug-likeness (QED) is 0.282. The molecule has 3 aromatic heterocycles. The largest absolute Gasteiger partial charge is 0.497 e. The maximum absolute atomic E-state index is 14.0. The maximum atomic E-state index is 14.0. The van der Waals surface area contributed by atoms with Crippen molar-refractivity contribution in [2.75, 3.05) is 25.8 Å². The van der Waals surface area contributed by atoms with Crippen LogP contribution in [-0.4, -0.2) is 55.9 Å². The summed E-state index contributed by atoms with van der Waals surface area (Å²) in [4.78, 5) is 39.0. The summed E-state index contributed by atoms with van der Waals surface area (Å²) in [5, 5.41) is 3.52. The molecule has 1 N–H and O–H groups in total. The van der Waals surface area contributed by atoms with E-state index in [0.29, 0.717) is 40.3 Å². The van der Waals surface area contributed by atoms with Crippen LogP contribution in [0.15, 0.2) is 52.7 Å². The lowest BCUT2D eigenvalue weighted by molar-refractivity contribution is 0.0635. The molecular weight excluding hydrogens is 570 g/mol. The Morgan fingerprint density at radius 3 is 2.51 bits per heavy atom. The number of anilines is 1. The highest BCUT2D eigenvalue weighted by Crippen LogP contribution is 2.38. The molecule has 216 valence electrons. The number of hydrogen-bond acceptors (Lipinski definition) is 9. The van der Waals surface area contributed by atoms with Gasteiger partial charge in [0.1, 0.15) is 28.6 Å². The van der Waals surface area contributed by atoms with Gasteiger partial charge in [-0.2, -0.15) is 0 Å². The fourth-order valence-electron chi connectivity index (χ4n) is 4.06. The Labute approximate surface area is 244 Å². The second-order valence-corrected chi connectivity index (χ2v) is 11.7. The summed E-state index contributed by atoms with van der Waals surface area (Å²) >= 11 is 6.63. The minimum absolute atomic E-state index is 0.104. The smallest absolute Gasteiger partial charge is 0.413 e. The van der Waals surface area contributed by atoms with Crippen LogP contribution in [-0.2, 0) is 28.5 Å². The van der Waals surface area contributed by atoms with Crippen LogP contribution in [0.1, 0.15) is 26.3 Å². The van der Waals surface area contributed by atoms with Gasteiger partial charge in [0.2, 0.25) is 5.16 Å². The zero-order valence-corrected chi connectivity index (χ0v) is 25.1. The van der Waals surface area contributed by atoms with Crippen LogP contribution < -0.4 is 20.3 Å². The van der Waals surface area contributed by atoms with E-state index in [0.717, 1.165) is 5.56 Å². The number of aryl methyl sites for hydroxylation is 2. The molecule has 13 heteroatoms. The maximum Gasteiger partial charge on any atom is 0.413 e. The number of amides is 1. The number of nitrogens with zero attached hydrogens (tertiary/aromatic N) is 4. The van der Waals surface area contributed by atoms with Gasteiger partial charge >= 0.3 is 6.09 Å². The van der Waals surface area contributed by atoms with Gasteiger partial charge in [-0.1, -0.05) is 11.6 Å². The average Bonchev–Trinajstić information content (AvgIpc) is 2.91. The summed E-state index contributed by atoms with van der Waals surface area (Å²) in [5.41, 5.74) is 0.794. The molecule has 3 heterocycles. The van der Waals surface area contributed by atoms with E-state index in [-0.39, 0.29) is 27.8 Å². The number of pyridine rings is 2. The molecule has 0 spiro atoms. The molecule has 0 aliphatic heterocycles. The van der Waals surface area contributed by atoms with Crippen LogP contribution >= 0.6 is 11.6 Å². The Kier molecular flexibility index (Phi) is 8.93. The number of aromatic nitrogens is 4. The van der Waals surface area contributed by atoms with E-state index in [4.69, 9.17) is 25.8 Å². The Morgan fingerprint density at radius 2 is 1.85 bits per heavy atom. The van der Waals surface area contributed by atoms with Gasteiger partial charge < -0.3 is 14.2 Å². The van der Waals surface area contributed by atoms with Crippen molar-refractivity contribution in [2.45, 2.75) is 44.5 Å². The first kappa shape index (κ1) is 29.9. The van der Waals surface area contributed by atoms with Crippen molar-refractivity contribution in [3.05, 3.63) is 63.7 Å². The molecule has 0 saturated heterocycles. The molecule has 41 heavy (non-hydrogen) atoms. The van der Waals surface area contributed by atoms with E-state index in [9.17, 15) is 13.8 Å². The molecule has 1 atom stereocenters. The molecule has 4 aromatic rings. The summed E-state index contributed by atoms with van der Waals surface area (Å²) in [6, 6.07) is 8.41. The summed E-state index contributed by atoms with van der Waals surface area (Å²) in [7, 11) is 1.52. The topological polar surface area (TPSA) is 135 Å². The fourth-order valence-corrected chi connectivity index (χ4v) is 4.77. The summed E-state index contributed by atoms with van der Waals surface area (Å²) in [6.07, 6.45) is 4.31. The van der Waals surface area contributed by atoms with Gasteiger partial charge in [-0.15, -0.1) is 0 Å². The lowest BCUT2D eigenvalue weighted by atomic mass is 10.0. The number of hydrogen-bond donors (Lipinski definition) is 1. The van der Waals surface area contributed by atoms with E-state index in [1.807, 2.05) is 0 Å². The van der Waals surface area contributed by atoms with Crippen molar-refractivity contribution < 1.29 is 23.2 Å². The zero-order chi connectivity index (χ0) is 29.9. The summed E-state index contributed by atoms with van der Waals surface area (Å²) in [6.45, 7) is 5.50. The van der Waals surface area contributed by atoms with E-state index in [1.165, 1.54) is 31.2 Å². The number of rotatable bonds is 8. The molecule has 0 radical (unpaired) electrons. The highest BCUT2D eigenvalue weighted by Gasteiger charge is 2.20. The van der Waals surface area contributed by atoms with Gasteiger partial charge in [0.25, 0.3) is 5.56 Å². The van der Waals surface area contributed by atoms with Crippen molar-refractivity contribution in [2.24, 2.45) is 0 Å². The predicted octanol–water partition coefficient (Wildman–Crippen LogP) is 4.85. The van der Waals surface area contributed by atoms with Gasteiger partial charge in [0.15, 0.2) is 0 Å². The number of benzene rings is 1. The van der Waals surface area contributed by atoms with Gasteiger partial charge in [-0.25, -0.2) is 19.7 Å². The van der Waals surface area contributed by atoms with E-state index in [2.05, 4.69) is 20.3 Å². The number of methoxy groups -OCH3 is 2. The van der Waals surface area contributed by atoms with E-state index < -0.39 is 22.5 Å². The lowest BCUT2D eigenvalue weighted by Crippen LogP contribution is -2.27. The minimum Gasteiger partial charge on any atom is -0.497 e. The highest BCUT2D eigenvalue weighted by molar-refractivity contribution is 7.84. The predicted molar refractivity (Wildman–Crippen MR) is 157 cm³/mol. The first-order valence-corrected chi connectivity index (χ1v) is 14.4. The molecule has 1 aromatic carbocycles. The van der Waals surface area contributed by atoms with Crippen molar-refractivity contribution in [1.29, 1.82) is 0 Å². The number of carbonyl (C=O) groups excluding carboxylic acids is 1. The third-order valence-corrected chi connectivity index (χ3v) is 7.00. The Morgan fingerprint density at radius 1 is 1.10 bits per heavy atom. The van der Waals surface area contributed by atoms with Crippen LogP contribution in [0.5, 0.6) is 11.5 Å². The average molecular weight is 600 g/mol. The number of fused-ring (bicyclic) bond motifs is 1. The van der Waals surface area contributed by atoms with Crippen LogP contribution in [0.3, 0.4) is 0 Å². The van der Waals surface area contributed by atoms with Gasteiger partial charge in [0.05, 0.1) is 30.0 Å². The van der Waals surface area contributed by atoms with Gasteiger partial charge in [-0.05, 0) is 57.0 Å². The van der Waals surface area contributed by atoms with Crippen LogP contribution in [0.2, 0.25) is 5.02 Å². The fraction of sp³-hybridized carbons (Fsp3) is 0.321. The van der Waals surface area contributed by atoms with Crippen LogP contribution in [0.25, 0.3) is 22.2 Å². The standard InChI is InChI=1S/C28H30ClN5O6S/c1-28(2,3)40-27(36)32-22-11-16(7-9-30-22)8-10-34-24-17(15-31-26(33-24)41(6)37)12-20(25(34)35)19-13-18(38-4)14-21(39-5)23(19)29/h7,9,11-15H,8,10H2,1-6H3,(H,30,32,36). The first-order chi connectivity index (χ1) is 19.4. The molecule has 1 unspecified atom stereocenters. The Bertz CT molecular complexity index is 1700. The Hall–Kier alpha value is -4.03. The van der Waals surface area contributed by atoms with Crippen LogP contribution in [0.4, 0.5) is 10.6 Å². The Balaban J connectivity index is 1.78. The van der Waals surface area contributed by atoms with E-state index >= 15 is 0 Å². The number of carbonyl (C=O) groups is 1. The molecular formula is C28H30ClN5O6S. The van der Waals surface area contributed by atoms with Crippen LogP contribution in [0, 0.1) is 0 Å². The number of halogens is 1. The molecule has 0 aliphatic carbocycles. The third kappa shape index (κ3) is 7.01. The summed E-state index contributed by atoms with van der Waals surface area (Å²) in [5.74, 6) is 1.12. The number of ether oxygens (including phenoxy) is 3. The lowest BCUT2D eigenvalue weighted by Gasteiger charge is -2.19. The SMILES string of the molecule is COc1cc(OC)c(Cl)c(-c2cc3cnc(S(C)=O)nc3n(CCc3ccnc(NC(=O)OC(C)(C)C)c3)c2=O)c1. The molecule has 1 amide bonds. The van der Waals surface area contributed by atoms with Crippen molar-refractivity contribution >= 4 is 45.3 Å².